The summed E-state index contributed by atoms with van der Waals surface area (Å²) in [5.41, 5.74) is 0.858. The normalized spacial score (nSPS) is 13.5. The number of rotatable bonds is 4. The number of ether oxygens (including phenoxy) is 1. The minimum atomic E-state index is -0.854. The van der Waals surface area contributed by atoms with E-state index >= 15 is 0 Å². The van der Waals surface area contributed by atoms with Gasteiger partial charge < -0.3 is 4.74 Å². The summed E-state index contributed by atoms with van der Waals surface area (Å²) >= 11 is 6.16. The van der Waals surface area contributed by atoms with Crippen molar-refractivity contribution in [3.05, 3.63) is 57.0 Å². The van der Waals surface area contributed by atoms with Crippen molar-refractivity contribution in [3.63, 3.8) is 0 Å². The van der Waals surface area contributed by atoms with Gasteiger partial charge in [-0.05, 0) is 37.3 Å². The highest BCUT2D eigenvalue weighted by molar-refractivity contribution is 6.31. The zero-order valence-electron chi connectivity index (χ0n) is 16.1. The predicted octanol–water partition coefficient (Wildman–Crippen LogP) is 5.04. The number of alkyl halides is 1. The molecule has 0 bridgehead atoms. The molecule has 0 aliphatic rings. The summed E-state index contributed by atoms with van der Waals surface area (Å²) in [6.07, 6.45) is 0.509. The molecule has 2 rings (SSSR count). The molecule has 2 aromatic rings. The van der Waals surface area contributed by atoms with Gasteiger partial charge in [0.05, 0.1) is 11.7 Å². The van der Waals surface area contributed by atoms with E-state index in [-0.39, 0.29) is 16.2 Å². The van der Waals surface area contributed by atoms with E-state index in [1.807, 2.05) is 45.0 Å². The zero-order valence-corrected chi connectivity index (χ0v) is 16.9. The van der Waals surface area contributed by atoms with Crippen LogP contribution >= 0.6 is 11.6 Å². The van der Waals surface area contributed by atoms with Crippen LogP contribution in [0, 0.1) is 0 Å². The van der Waals surface area contributed by atoms with E-state index in [4.69, 9.17) is 16.3 Å². The van der Waals surface area contributed by atoms with Crippen molar-refractivity contribution in [1.29, 1.82) is 0 Å². The lowest BCUT2D eigenvalue weighted by Crippen LogP contribution is -2.36. The van der Waals surface area contributed by atoms with Gasteiger partial charge in [-0.3, -0.25) is 4.79 Å². The Morgan fingerprint density at radius 3 is 2.19 bits per heavy atom. The van der Waals surface area contributed by atoms with E-state index in [1.54, 1.807) is 0 Å². The van der Waals surface area contributed by atoms with Gasteiger partial charge in [-0.25, -0.2) is 9.07 Å². The minimum Gasteiger partial charge on any atom is -0.479 e. The third-order valence-electron chi connectivity index (χ3n) is 4.08. The molecule has 0 fully saturated rings. The average Bonchev–Trinajstić information content (AvgIpc) is 2.54. The van der Waals surface area contributed by atoms with E-state index in [1.165, 1.54) is 10.9 Å². The molecule has 1 atom stereocenters. The molecule has 1 aromatic heterocycles. The molecule has 0 amide bonds. The van der Waals surface area contributed by atoms with Crippen LogP contribution in [0.5, 0.6) is 5.75 Å². The number of hydrogen-bond acceptors (Lipinski definition) is 3. The maximum atomic E-state index is 13.6. The van der Waals surface area contributed by atoms with Gasteiger partial charge in [0, 0.05) is 0 Å². The van der Waals surface area contributed by atoms with Crippen LogP contribution in [0.25, 0.3) is 0 Å². The number of halogens is 2. The Labute approximate surface area is 158 Å². The van der Waals surface area contributed by atoms with Crippen molar-refractivity contribution >= 4 is 11.6 Å². The molecule has 0 spiro atoms. The van der Waals surface area contributed by atoms with E-state index in [2.05, 4.69) is 25.9 Å². The summed E-state index contributed by atoms with van der Waals surface area (Å²) in [5.74, 6) is 0.0831. The van der Waals surface area contributed by atoms with Gasteiger partial charge in [0.15, 0.2) is 16.9 Å². The van der Waals surface area contributed by atoms with Crippen LogP contribution < -0.4 is 10.3 Å². The van der Waals surface area contributed by atoms with E-state index in [0.29, 0.717) is 5.56 Å². The standard InChI is InChI=1S/C20H26ClFN2O2/c1-19(2,3)14-9-7-13(8-10-14)15(11-22)26-16-12-23-24(20(4,5)6)18(25)17(16)21/h7-10,12,15H,11H2,1-6H3/i22-1. The fourth-order valence-corrected chi connectivity index (χ4v) is 2.69. The molecular formula is C20H26ClFN2O2. The van der Waals surface area contributed by atoms with E-state index < -0.39 is 23.9 Å². The molecule has 0 N–H and O–H groups in total. The van der Waals surface area contributed by atoms with Crippen LogP contribution in [0.4, 0.5) is 4.39 Å². The summed E-state index contributed by atoms with van der Waals surface area (Å²) < 4.78 is 20.5. The Morgan fingerprint density at radius 2 is 1.73 bits per heavy atom. The van der Waals surface area contributed by atoms with Gasteiger partial charge >= 0.3 is 0 Å². The zero-order chi connectivity index (χ0) is 19.7. The number of aromatic nitrogens is 2. The second-order valence-electron chi connectivity index (χ2n) is 8.34. The molecule has 1 aromatic carbocycles. The van der Waals surface area contributed by atoms with Crippen LogP contribution in [0.3, 0.4) is 0 Å². The first-order valence-corrected chi connectivity index (χ1v) is 8.94. The van der Waals surface area contributed by atoms with Crippen molar-refractivity contribution in [2.24, 2.45) is 0 Å². The Kier molecular flexibility index (Phi) is 5.81. The molecule has 0 aliphatic carbocycles. The van der Waals surface area contributed by atoms with Gasteiger partial charge in [0.1, 0.15) is 6.67 Å². The first-order valence-electron chi connectivity index (χ1n) is 8.56. The molecule has 26 heavy (non-hydrogen) atoms. The van der Waals surface area contributed by atoms with Gasteiger partial charge in [0.2, 0.25) is 0 Å². The van der Waals surface area contributed by atoms with E-state index in [0.717, 1.165) is 5.56 Å². The van der Waals surface area contributed by atoms with Gasteiger partial charge in [-0.2, -0.15) is 5.10 Å². The van der Waals surface area contributed by atoms with Crippen LogP contribution in [0.1, 0.15) is 58.8 Å². The van der Waals surface area contributed by atoms with Crippen LogP contribution in [-0.4, -0.2) is 16.5 Å². The molecule has 1 heterocycles. The fraction of sp³-hybridized carbons (Fsp3) is 0.500. The maximum absolute atomic E-state index is 13.6. The Balaban J connectivity index is 2.31. The molecular weight excluding hydrogens is 354 g/mol. The fourth-order valence-electron chi connectivity index (χ4n) is 2.52. The number of benzene rings is 1. The Bertz CT molecular complexity index is 818. The van der Waals surface area contributed by atoms with Crippen LogP contribution in [-0.2, 0) is 11.0 Å². The quantitative estimate of drug-likeness (QED) is 0.747. The summed E-state index contributed by atoms with van der Waals surface area (Å²) in [6.45, 7) is 11.1. The van der Waals surface area contributed by atoms with Crippen molar-refractivity contribution in [2.45, 2.75) is 58.6 Å². The summed E-state index contributed by atoms with van der Waals surface area (Å²) in [4.78, 5) is 12.4. The molecule has 142 valence electrons. The first-order chi connectivity index (χ1) is 11.9. The smallest absolute Gasteiger partial charge is 0.289 e. The predicted molar refractivity (Wildman–Crippen MR) is 103 cm³/mol. The topological polar surface area (TPSA) is 44.1 Å². The molecule has 0 radical (unpaired) electrons. The summed E-state index contributed by atoms with van der Waals surface area (Å²) in [5, 5.41) is 4.01. The lowest BCUT2D eigenvalue weighted by molar-refractivity contribution is 0.164. The first kappa shape index (κ1) is 20.4. The molecule has 4 nitrogen and oxygen atoms in total. The van der Waals surface area contributed by atoms with Gasteiger partial charge in [0.25, 0.3) is 5.56 Å². The number of hydrogen-bond donors (Lipinski definition) is 0. The summed E-state index contributed by atoms with van der Waals surface area (Å²) in [7, 11) is 0. The monoisotopic (exact) mass is 379 g/mol. The van der Waals surface area contributed by atoms with Crippen molar-refractivity contribution in [2.75, 3.05) is 6.67 Å². The number of nitrogens with zero attached hydrogens (tertiary/aromatic N) is 2. The van der Waals surface area contributed by atoms with Crippen molar-refractivity contribution < 1.29 is 9.13 Å². The highest BCUT2D eigenvalue weighted by Crippen LogP contribution is 2.29. The van der Waals surface area contributed by atoms with Crippen LogP contribution in [0.15, 0.2) is 35.3 Å². The molecule has 6 heteroatoms. The third-order valence-corrected chi connectivity index (χ3v) is 4.43. The lowest BCUT2D eigenvalue weighted by atomic mass is 9.86. The van der Waals surface area contributed by atoms with Gasteiger partial charge in [-0.15, -0.1) is 0 Å². The van der Waals surface area contributed by atoms with Crippen molar-refractivity contribution in [3.8, 4) is 5.75 Å². The summed E-state index contributed by atoms with van der Waals surface area (Å²) in [6, 6.07) is 7.59. The molecule has 1 unspecified atom stereocenters. The second kappa shape index (κ2) is 7.39. The lowest BCUT2D eigenvalue weighted by Gasteiger charge is -2.23. The molecule has 0 aliphatic heterocycles. The second-order valence-corrected chi connectivity index (χ2v) is 8.72. The highest BCUT2D eigenvalue weighted by atomic mass is 35.5. The largest absolute Gasteiger partial charge is 0.479 e. The van der Waals surface area contributed by atoms with Crippen LogP contribution in [0.2, 0.25) is 5.02 Å². The molecule has 0 saturated carbocycles. The third kappa shape index (κ3) is 4.44. The highest BCUT2D eigenvalue weighted by Gasteiger charge is 2.22. The maximum Gasteiger partial charge on any atom is 0.289 e. The van der Waals surface area contributed by atoms with E-state index in [9.17, 15) is 9.18 Å². The Morgan fingerprint density at radius 1 is 1.15 bits per heavy atom. The van der Waals surface area contributed by atoms with Crippen molar-refractivity contribution in [1.82, 2.24) is 9.78 Å². The van der Waals surface area contributed by atoms with Gasteiger partial charge in [-0.1, -0.05) is 56.6 Å². The molecule has 0 saturated heterocycles. The SMILES string of the molecule is CC(C)(C)c1ccc(C(C[18F])Oc2cnn(C(C)(C)C)c(=O)c2Cl)cc1. The minimum absolute atomic E-state index is 0.00922. The average molecular weight is 380 g/mol. The Hall–Kier alpha value is -1.88.